The summed E-state index contributed by atoms with van der Waals surface area (Å²) in [5.41, 5.74) is 0.995. The molecule has 0 aromatic heterocycles. The summed E-state index contributed by atoms with van der Waals surface area (Å²) >= 11 is 3.46. The number of hydrogen-bond acceptors (Lipinski definition) is 5. The number of hydrogen-bond donors (Lipinski definition) is 2. The van der Waals surface area contributed by atoms with Crippen LogP contribution in [0.4, 0.5) is 0 Å². The average Bonchev–Trinajstić information content (AvgIpc) is 2.46. The van der Waals surface area contributed by atoms with Gasteiger partial charge in [0.2, 0.25) is 0 Å². The highest BCUT2D eigenvalue weighted by Gasteiger charge is 2.14. The van der Waals surface area contributed by atoms with Crippen LogP contribution in [-0.2, 0) is 11.3 Å². The number of nitrogens with zero attached hydrogens (tertiary/aromatic N) is 1. The first kappa shape index (κ1) is 18.7. The fourth-order valence-electron chi connectivity index (χ4n) is 1.70. The van der Waals surface area contributed by atoms with E-state index in [1.165, 1.54) is 4.90 Å². The van der Waals surface area contributed by atoms with Crippen LogP contribution >= 0.6 is 15.9 Å². The third-order valence-corrected chi connectivity index (χ3v) is 3.41. The number of ether oxygens (including phenoxy) is 2. The summed E-state index contributed by atoms with van der Waals surface area (Å²) in [7, 11) is 3.36. The number of carbonyl (C=O) groups is 1. The normalized spacial score (nSPS) is 10.4. The standard InChI is InChI=1S/C15H23BrN2O4/c1-4-21-13-8-11(9-17-5-6-19)7-12(16)15(13)22-10-14(20)18(2)3/h7-8,17,19H,4-6,9-10H2,1-3H3. The van der Waals surface area contributed by atoms with Crippen molar-refractivity contribution >= 4 is 21.8 Å². The highest BCUT2D eigenvalue weighted by molar-refractivity contribution is 9.10. The van der Waals surface area contributed by atoms with E-state index in [2.05, 4.69) is 21.2 Å². The molecular formula is C15H23BrN2O4. The molecule has 0 unspecified atom stereocenters. The Morgan fingerprint density at radius 1 is 1.36 bits per heavy atom. The summed E-state index contributed by atoms with van der Waals surface area (Å²) in [5, 5.41) is 11.9. The van der Waals surface area contributed by atoms with Crippen molar-refractivity contribution in [1.82, 2.24) is 10.2 Å². The Labute approximate surface area is 139 Å². The van der Waals surface area contributed by atoms with E-state index in [9.17, 15) is 4.79 Å². The molecule has 1 rings (SSSR count). The number of amides is 1. The first-order valence-electron chi connectivity index (χ1n) is 7.09. The second-order valence-corrected chi connectivity index (χ2v) is 5.67. The summed E-state index contributed by atoms with van der Waals surface area (Å²) in [5.74, 6) is 0.982. The van der Waals surface area contributed by atoms with Gasteiger partial charge in [0, 0.05) is 27.2 Å². The van der Waals surface area contributed by atoms with E-state index in [0.29, 0.717) is 31.2 Å². The van der Waals surface area contributed by atoms with Gasteiger partial charge in [-0.25, -0.2) is 0 Å². The van der Waals surface area contributed by atoms with E-state index in [1.54, 1.807) is 14.1 Å². The minimum atomic E-state index is -0.122. The lowest BCUT2D eigenvalue weighted by Crippen LogP contribution is -2.27. The SMILES string of the molecule is CCOc1cc(CNCCO)cc(Br)c1OCC(=O)N(C)C. The van der Waals surface area contributed by atoms with Crippen LogP contribution < -0.4 is 14.8 Å². The second-order valence-electron chi connectivity index (χ2n) is 4.82. The van der Waals surface area contributed by atoms with Crippen LogP contribution in [0.2, 0.25) is 0 Å². The van der Waals surface area contributed by atoms with Crippen molar-refractivity contribution in [3.8, 4) is 11.5 Å². The number of benzene rings is 1. The van der Waals surface area contributed by atoms with Crippen LogP contribution in [0.5, 0.6) is 11.5 Å². The van der Waals surface area contributed by atoms with Gasteiger partial charge in [-0.15, -0.1) is 0 Å². The lowest BCUT2D eigenvalue weighted by molar-refractivity contribution is -0.130. The monoisotopic (exact) mass is 374 g/mol. The van der Waals surface area contributed by atoms with Gasteiger partial charge < -0.3 is 24.8 Å². The van der Waals surface area contributed by atoms with E-state index >= 15 is 0 Å². The number of carbonyl (C=O) groups excluding carboxylic acids is 1. The summed E-state index contributed by atoms with van der Waals surface area (Å²) < 4.78 is 11.9. The summed E-state index contributed by atoms with van der Waals surface area (Å²) in [6, 6.07) is 3.77. The molecule has 0 aliphatic rings. The molecule has 0 atom stereocenters. The molecule has 1 aromatic rings. The van der Waals surface area contributed by atoms with Gasteiger partial charge in [-0.1, -0.05) is 0 Å². The highest BCUT2D eigenvalue weighted by Crippen LogP contribution is 2.37. The number of likely N-dealkylation sites (N-methyl/N-ethyl adjacent to an activating group) is 1. The maximum absolute atomic E-state index is 11.6. The zero-order chi connectivity index (χ0) is 16.5. The molecule has 0 spiro atoms. The van der Waals surface area contributed by atoms with Crippen molar-refractivity contribution in [1.29, 1.82) is 0 Å². The smallest absolute Gasteiger partial charge is 0.259 e. The summed E-state index contributed by atoms with van der Waals surface area (Å²) in [6.45, 7) is 3.56. The molecule has 124 valence electrons. The molecule has 0 heterocycles. The summed E-state index contributed by atoms with van der Waals surface area (Å²) in [6.07, 6.45) is 0. The van der Waals surface area contributed by atoms with Crippen molar-refractivity contribution in [3.63, 3.8) is 0 Å². The maximum atomic E-state index is 11.6. The van der Waals surface area contributed by atoms with Crippen LogP contribution in [0, 0.1) is 0 Å². The zero-order valence-corrected chi connectivity index (χ0v) is 14.8. The Kier molecular flexibility index (Phi) is 8.22. The van der Waals surface area contributed by atoms with Gasteiger partial charge in [-0.05, 0) is 40.5 Å². The quantitative estimate of drug-likeness (QED) is 0.639. The minimum Gasteiger partial charge on any atom is -0.490 e. The van der Waals surface area contributed by atoms with Crippen LogP contribution in [0.15, 0.2) is 16.6 Å². The van der Waals surface area contributed by atoms with Crippen LogP contribution in [0.25, 0.3) is 0 Å². The second kappa shape index (κ2) is 9.66. The van der Waals surface area contributed by atoms with Gasteiger partial charge in [0.1, 0.15) is 0 Å². The van der Waals surface area contributed by atoms with Crippen molar-refractivity contribution in [2.45, 2.75) is 13.5 Å². The minimum absolute atomic E-state index is 0.0478. The zero-order valence-electron chi connectivity index (χ0n) is 13.2. The van der Waals surface area contributed by atoms with Crippen molar-refractivity contribution in [2.75, 3.05) is 40.5 Å². The molecule has 1 amide bonds. The molecule has 22 heavy (non-hydrogen) atoms. The topological polar surface area (TPSA) is 71.0 Å². The molecule has 0 radical (unpaired) electrons. The van der Waals surface area contributed by atoms with Crippen molar-refractivity contribution in [2.24, 2.45) is 0 Å². The predicted molar refractivity (Wildman–Crippen MR) is 88.3 cm³/mol. The van der Waals surface area contributed by atoms with E-state index in [4.69, 9.17) is 14.6 Å². The third kappa shape index (κ3) is 5.82. The number of aliphatic hydroxyl groups excluding tert-OH is 1. The number of aliphatic hydroxyl groups is 1. The van der Waals surface area contributed by atoms with Crippen molar-refractivity contribution < 1.29 is 19.4 Å². The first-order valence-corrected chi connectivity index (χ1v) is 7.88. The van der Waals surface area contributed by atoms with E-state index in [1.807, 2.05) is 19.1 Å². The molecule has 0 aliphatic carbocycles. The van der Waals surface area contributed by atoms with Gasteiger partial charge in [0.05, 0.1) is 17.7 Å². The first-order chi connectivity index (χ1) is 10.5. The fraction of sp³-hybridized carbons (Fsp3) is 0.533. The molecule has 0 aliphatic heterocycles. The lowest BCUT2D eigenvalue weighted by atomic mass is 10.2. The largest absolute Gasteiger partial charge is 0.490 e. The maximum Gasteiger partial charge on any atom is 0.259 e. The van der Waals surface area contributed by atoms with Crippen LogP contribution in [0.1, 0.15) is 12.5 Å². The molecule has 0 saturated heterocycles. The van der Waals surface area contributed by atoms with Gasteiger partial charge in [-0.3, -0.25) is 4.79 Å². The van der Waals surface area contributed by atoms with Crippen molar-refractivity contribution in [3.05, 3.63) is 22.2 Å². The van der Waals surface area contributed by atoms with Gasteiger partial charge >= 0.3 is 0 Å². The molecule has 1 aromatic carbocycles. The molecule has 0 fully saturated rings. The summed E-state index contributed by atoms with van der Waals surface area (Å²) in [4.78, 5) is 13.1. The number of nitrogens with one attached hydrogen (secondary N) is 1. The lowest BCUT2D eigenvalue weighted by Gasteiger charge is -2.17. The molecule has 6 nitrogen and oxygen atoms in total. The van der Waals surface area contributed by atoms with Gasteiger partial charge in [0.15, 0.2) is 18.1 Å². The number of halogens is 1. The molecule has 2 N–H and O–H groups in total. The van der Waals surface area contributed by atoms with Crippen LogP contribution in [-0.4, -0.2) is 56.4 Å². The number of rotatable bonds is 9. The molecule has 0 bridgehead atoms. The molecule has 7 heteroatoms. The average molecular weight is 375 g/mol. The van der Waals surface area contributed by atoms with E-state index < -0.39 is 0 Å². The Hall–Kier alpha value is -1.31. The van der Waals surface area contributed by atoms with E-state index in [-0.39, 0.29) is 19.1 Å². The molecule has 0 saturated carbocycles. The van der Waals surface area contributed by atoms with Gasteiger partial charge in [-0.2, -0.15) is 0 Å². The molecular weight excluding hydrogens is 352 g/mol. The Morgan fingerprint density at radius 2 is 2.09 bits per heavy atom. The van der Waals surface area contributed by atoms with Crippen LogP contribution in [0.3, 0.4) is 0 Å². The Morgan fingerprint density at radius 3 is 2.68 bits per heavy atom. The highest BCUT2D eigenvalue weighted by atomic mass is 79.9. The van der Waals surface area contributed by atoms with E-state index in [0.717, 1.165) is 10.0 Å². The Balaban J connectivity index is 2.88. The van der Waals surface area contributed by atoms with Gasteiger partial charge in [0.25, 0.3) is 5.91 Å². The third-order valence-electron chi connectivity index (χ3n) is 2.83. The Bertz CT molecular complexity index is 495. The fourth-order valence-corrected chi connectivity index (χ4v) is 2.31. The predicted octanol–water partition coefficient (Wildman–Crippen LogP) is 1.40.